The van der Waals surface area contributed by atoms with Crippen LogP contribution in [0.5, 0.6) is 6.01 Å². The molecule has 0 aromatic carbocycles. The summed E-state index contributed by atoms with van der Waals surface area (Å²) < 4.78 is 11.6. The molecule has 0 N–H and O–H groups in total. The predicted octanol–water partition coefficient (Wildman–Crippen LogP) is 1.80. The van der Waals surface area contributed by atoms with Crippen molar-refractivity contribution in [2.45, 2.75) is 18.9 Å². The first-order valence-corrected chi connectivity index (χ1v) is 5.37. The van der Waals surface area contributed by atoms with Crippen molar-refractivity contribution in [1.29, 1.82) is 0 Å². The molecule has 1 fully saturated rings. The Morgan fingerprint density at radius 3 is 2.93 bits per heavy atom. The Kier molecular flexibility index (Phi) is 3.31. The van der Waals surface area contributed by atoms with Crippen LogP contribution in [0.2, 0.25) is 0 Å². The lowest BCUT2D eigenvalue weighted by Gasteiger charge is -2.21. The van der Waals surface area contributed by atoms with Gasteiger partial charge in [-0.25, -0.2) is 4.98 Å². The van der Waals surface area contributed by atoms with Crippen LogP contribution in [0.4, 0.5) is 0 Å². The van der Waals surface area contributed by atoms with Crippen LogP contribution in [0, 0.1) is 0 Å². The summed E-state index contributed by atoms with van der Waals surface area (Å²) in [6.45, 7) is 1.53. The van der Waals surface area contributed by atoms with Gasteiger partial charge in [0, 0.05) is 19.0 Å². The van der Waals surface area contributed by atoms with Gasteiger partial charge in [-0.1, -0.05) is 0 Å². The molecule has 0 unspecified atom stereocenters. The van der Waals surface area contributed by atoms with E-state index in [1.807, 2.05) is 0 Å². The molecular weight excluding hydrogens is 248 g/mol. The molecule has 14 heavy (non-hydrogen) atoms. The molecule has 0 atom stereocenters. The van der Waals surface area contributed by atoms with Crippen LogP contribution < -0.4 is 4.74 Å². The highest BCUT2D eigenvalue weighted by atomic mass is 79.9. The zero-order valence-corrected chi connectivity index (χ0v) is 9.24. The first-order valence-electron chi connectivity index (χ1n) is 4.57. The molecule has 1 aliphatic heterocycles. The molecule has 2 rings (SSSR count). The average Bonchev–Trinajstić information content (AvgIpc) is 2.19. The summed E-state index contributed by atoms with van der Waals surface area (Å²) >= 11 is 3.27. The minimum atomic E-state index is 0.193. The van der Waals surface area contributed by atoms with Crippen molar-refractivity contribution < 1.29 is 9.47 Å². The third-order valence-electron chi connectivity index (χ3n) is 2.04. The topological polar surface area (TPSA) is 44.2 Å². The van der Waals surface area contributed by atoms with Gasteiger partial charge in [-0.05, 0) is 22.0 Å². The van der Waals surface area contributed by atoms with E-state index in [0.29, 0.717) is 6.01 Å². The summed E-state index contributed by atoms with van der Waals surface area (Å²) in [5.74, 6) is 0. The second kappa shape index (κ2) is 4.70. The maximum absolute atomic E-state index is 5.60. The van der Waals surface area contributed by atoms with Crippen LogP contribution in [0.1, 0.15) is 12.8 Å². The van der Waals surface area contributed by atoms with Gasteiger partial charge >= 0.3 is 6.01 Å². The summed E-state index contributed by atoms with van der Waals surface area (Å²) in [6, 6.07) is 2.21. The minimum Gasteiger partial charge on any atom is -0.460 e. The Balaban J connectivity index is 1.95. The predicted molar refractivity (Wildman–Crippen MR) is 54.2 cm³/mol. The van der Waals surface area contributed by atoms with E-state index in [0.717, 1.165) is 30.7 Å². The van der Waals surface area contributed by atoms with Crippen LogP contribution >= 0.6 is 15.9 Å². The maximum atomic E-state index is 5.60. The van der Waals surface area contributed by atoms with Crippen LogP contribution in [0.3, 0.4) is 0 Å². The van der Waals surface area contributed by atoms with E-state index in [1.165, 1.54) is 0 Å². The number of ether oxygens (including phenoxy) is 2. The van der Waals surface area contributed by atoms with E-state index in [2.05, 4.69) is 25.9 Å². The summed E-state index contributed by atoms with van der Waals surface area (Å²) in [7, 11) is 0. The van der Waals surface area contributed by atoms with E-state index in [-0.39, 0.29) is 6.10 Å². The molecule has 0 amide bonds. The van der Waals surface area contributed by atoms with Crippen molar-refractivity contribution in [3.63, 3.8) is 0 Å². The minimum absolute atomic E-state index is 0.193. The molecule has 0 saturated carbocycles. The zero-order chi connectivity index (χ0) is 9.80. The number of aromatic nitrogens is 2. The molecule has 0 bridgehead atoms. The molecule has 1 saturated heterocycles. The van der Waals surface area contributed by atoms with Crippen molar-refractivity contribution >= 4 is 15.9 Å². The molecule has 4 nitrogen and oxygen atoms in total. The average molecular weight is 259 g/mol. The van der Waals surface area contributed by atoms with Gasteiger partial charge in [0.25, 0.3) is 0 Å². The summed E-state index contributed by atoms with van der Waals surface area (Å²) in [6.07, 6.45) is 3.69. The molecule has 0 aliphatic carbocycles. The van der Waals surface area contributed by atoms with Gasteiger partial charge in [-0.3, -0.25) is 0 Å². The van der Waals surface area contributed by atoms with E-state index in [1.54, 1.807) is 12.3 Å². The van der Waals surface area contributed by atoms with Gasteiger partial charge in [0.1, 0.15) is 10.7 Å². The fourth-order valence-electron chi connectivity index (χ4n) is 1.32. The molecule has 1 aliphatic rings. The molecule has 2 heterocycles. The molecule has 5 heteroatoms. The van der Waals surface area contributed by atoms with Gasteiger partial charge in [0.05, 0.1) is 13.2 Å². The van der Waals surface area contributed by atoms with E-state index < -0.39 is 0 Å². The van der Waals surface area contributed by atoms with Gasteiger partial charge in [0.2, 0.25) is 0 Å². The van der Waals surface area contributed by atoms with Gasteiger partial charge in [-0.2, -0.15) is 4.98 Å². The maximum Gasteiger partial charge on any atom is 0.317 e. The van der Waals surface area contributed by atoms with E-state index >= 15 is 0 Å². The highest BCUT2D eigenvalue weighted by molar-refractivity contribution is 9.10. The van der Waals surface area contributed by atoms with Gasteiger partial charge in [0.15, 0.2) is 0 Å². The molecule has 1 aromatic rings. The summed E-state index contributed by atoms with van der Waals surface area (Å²) in [5, 5.41) is 0. The van der Waals surface area contributed by atoms with Crippen LogP contribution in [0.15, 0.2) is 16.9 Å². The largest absolute Gasteiger partial charge is 0.460 e. The highest BCUT2D eigenvalue weighted by Gasteiger charge is 2.16. The Hall–Kier alpha value is -0.680. The fourth-order valence-corrected chi connectivity index (χ4v) is 1.59. The molecule has 76 valence electrons. The van der Waals surface area contributed by atoms with Crippen molar-refractivity contribution in [3.8, 4) is 6.01 Å². The van der Waals surface area contributed by atoms with Crippen LogP contribution in [-0.2, 0) is 4.74 Å². The van der Waals surface area contributed by atoms with Gasteiger partial charge < -0.3 is 9.47 Å². The van der Waals surface area contributed by atoms with Crippen LogP contribution in [0.25, 0.3) is 0 Å². The smallest absolute Gasteiger partial charge is 0.317 e. The second-order valence-corrected chi connectivity index (χ2v) is 3.90. The molecule has 0 radical (unpaired) electrons. The lowest BCUT2D eigenvalue weighted by atomic mass is 10.2. The molecule has 1 aromatic heterocycles. The van der Waals surface area contributed by atoms with Crippen molar-refractivity contribution in [2.24, 2.45) is 0 Å². The number of hydrogen-bond donors (Lipinski definition) is 0. The zero-order valence-electron chi connectivity index (χ0n) is 7.65. The first-order chi connectivity index (χ1) is 6.84. The quantitative estimate of drug-likeness (QED) is 0.759. The number of hydrogen-bond acceptors (Lipinski definition) is 4. The Morgan fingerprint density at radius 2 is 2.21 bits per heavy atom. The number of halogens is 1. The lowest BCUT2D eigenvalue weighted by molar-refractivity contribution is 0.0216. The van der Waals surface area contributed by atoms with Crippen molar-refractivity contribution in [1.82, 2.24) is 9.97 Å². The monoisotopic (exact) mass is 258 g/mol. The molecular formula is C9H11BrN2O2. The normalized spacial score (nSPS) is 18.1. The van der Waals surface area contributed by atoms with Crippen LogP contribution in [-0.4, -0.2) is 29.3 Å². The standard InChI is InChI=1S/C9H11BrN2O2/c10-8-1-4-11-9(12-8)14-7-2-5-13-6-3-7/h1,4,7H,2-3,5-6H2. The Morgan fingerprint density at radius 1 is 1.43 bits per heavy atom. The SMILES string of the molecule is Brc1ccnc(OC2CCOCC2)n1. The lowest BCUT2D eigenvalue weighted by Crippen LogP contribution is -2.26. The van der Waals surface area contributed by atoms with E-state index in [4.69, 9.17) is 9.47 Å². The number of rotatable bonds is 2. The number of nitrogens with zero attached hydrogens (tertiary/aromatic N) is 2. The third-order valence-corrected chi connectivity index (χ3v) is 2.48. The summed E-state index contributed by atoms with van der Waals surface area (Å²) in [5.41, 5.74) is 0. The second-order valence-electron chi connectivity index (χ2n) is 3.09. The molecule has 0 spiro atoms. The fraction of sp³-hybridized carbons (Fsp3) is 0.556. The third kappa shape index (κ3) is 2.65. The highest BCUT2D eigenvalue weighted by Crippen LogP contribution is 2.15. The summed E-state index contributed by atoms with van der Waals surface area (Å²) in [4.78, 5) is 8.14. The van der Waals surface area contributed by atoms with Crippen molar-refractivity contribution in [2.75, 3.05) is 13.2 Å². The Labute approximate surface area is 90.8 Å². The van der Waals surface area contributed by atoms with E-state index in [9.17, 15) is 0 Å². The first kappa shape index (κ1) is 9.86. The van der Waals surface area contributed by atoms with Crippen molar-refractivity contribution in [3.05, 3.63) is 16.9 Å². The Bertz CT molecular complexity index is 303. The van der Waals surface area contributed by atoms with Gasteiger partial charge in [-0.15, -0.1) is 0 Å².